The number of phosphoric acid groups is 1. The first kappa shape index (κ1) is 22.3. The zero-order valence-corrected chi connectivity index (χ0v) is 20.7. The van der Waals surface area contributed by atoms with Crippen molar-refractivity contribution < 1.29 is 28.3 Å². The summed E-state index contributed by atoms with van der Waals surface area (Å²) in [4.78, 5) is 35.6. The van der Waals surface area contributed by atoms with Gasteiger partial charge < -0.3 is 19.7 Å². The van der Waals surface area contributed by atoms with Gasteiger partial charge >= 0.3 is 7.82 Å². The van der Waals surface area contributed by atoms with Gasteiger partial charge in [-0.3, -0.25) is 18.4 Å². The van der Waals surface area contributed by atoms with Gasteiger partial charge in [-0.15, -0.1) is 0 Å². The first-order chi connectivity index (χ1) is 16.3. The summed E-state index contributed by atoms with van der Waals surface area (Å²) in [6.45, 7) is 1.77. The molecule has 2 fully saturated rings. The summed E-state index contributed by atoms with van der Waals surface area (Å²) in [6.07, 6.45) is -3.55. The number of rotatable bonds is 3. The van der Waals surface area contributed by atoms with Gasteiger partial charge in [0.2, 0.25) is 5.78 Å². The molecule has 0 amide bonds. The lowest BCUT2D eigenvalue weighted by atomic mass is 10.1. The molecule has 1 unspecified atom stereocenters. The Labute approximate surface area is 205 Å². The van der Waals surface area contributed by atoms with Crippen molar-refractivity contribution in [1.29, 1.82) is 0 Å². The van der Waals surface area contributed by atoms with Gasteiger partial charge in [-0.1, -0.05) is 37.3 Å². The highest BCUT2D eigenvalue weighted by molar-refractivity contribution is 14.1. The minimum atomic E-state index is -4.27. The Balaban J connectivity index is 1.53. The molecule has 6 rings (SSSR count). The number of aliphatic hydroxyl groups is 1. The van der Waals surface area contributed by atoms with Gasteiger partial charge in [-0.05, 0) is 6.42 Å². The van der Waals surface area contributed by atoms with Crippen LogP contribution in [-0.2, 0) is 24.8 Å². The number of ether oxygens (including phenoxy) is 1. The molecule has 2 aliphatic heterocycles. The van der Waals surface area contributed by atoms with Crippen LogP contribution in [0.5, 0.6) is 0 Å². The molecule has 0 radical (unpaired) electrons. The van der Waals surface area contributed by atoms with E-state index in [1.807, 2.05) is 59.8 Å². The van der Waals surface area contributed by atoms with Gasteiger partial charge in [-0.2, -0.15) is 4.98 Å². The molecule has 1 aromatic carbocycles. The number of aromatic nitrogens is 5. The topological polar surface area (TPSA) is 153 Å². The number of hydrogen-bond donors (Lipinski definition) is 3. The molecule has 14 heteroatoms. The number of aryl methyl sites for hydroxylation is 1. The fraction of sp³-hybridized carbons (Fsp3) is 0.350. The molecule has 0 saturated carbocycles. The van der Waals surface area contributed by atoms with E-state index in [0.29, 0.717) is 16.0 Å². The van der Waals surface area contributed by atoms with E-state index in [1.54, 1.807) is 0 Å². The largest absolute Gasteiger partial charge is 0.472 e. The van der Waals surface area contributed by atoms with Crippen molar-refractivity contribution in [2.75, 3.05) is 6.61 Å². The monoisotopic (exact) mass is 599 g/mol. The molecule has 5 atom stereocenters. The van der Waals surface area contributed by atoms with E-state index in [0.717, 1.165) is 17.0 Å². The fourth-order valence-electron chi connectivity index (χ4n) is 4.55. The van der Waals surface area contributed by atoms with Crippen molar-refractivity contribution in [3.8, 4) is 11.3 Å². The minimum Gasteiger partial charge on any atom is -0.386 e. The Morgan fingerprint density at radius 2 is 2.06 bits per heavy atom. The van der Waals surface area contributed by atoms with Crippen LogP contribution in [0.1, 0.15) is 18.8 Å². The first-order valence-corrected chi connectivity index (χ1v) is 13.1. The van der Waals surface area contributed by atoms with Gasteiger partial charge in [0.1, 0.15) is 18.3 Å². The van der Waals surface area contributed by atoms with E-state index in [9.17, 15) is 19.4 Å². The zero-order chi connectivity index (χ0) is 23.8. The standard InChI is InChI=1S/C20H19IN5O7P/c1-2-10-13(9-6-4-3-5-7-9)25-17(28)12-16(24-20(25)22-10)26(19(21)23-12)18-14(27)15-11(32-18)8-31-34(29,30)33-15/h3-7,11,14-15,18,27H,2,8H2,1H3,(H,22,24)(H,29,30)/t11-,14-,15-,18-/m1/s1. The second-order valence-corrected chi connectivity index (χ2v) is 10.4. The number of imidazole rings is 2. The highest BCUT2D eigenvalue weighted by Crippen LogP contribution is 2.52. The fourth-order valence-corrected chi connectivity index (χ4v) is 6.26. The van der Waals surface area contributed by atoms with Crippen LogP contribution in [0.3, 0.4) is 0 Å². The summed E-state index contributed by atoms with van der Waals surface area (Å²) < 4.78 is 31.0. The summed E-state index contributed by atoms with van der Waals surface area (Å²) in [5.41, 5.74) is 2.39. The van der Waals surface area contributed by atoms with E-state index >= 15 is 0 Å². The number of hydrogen-bond acceptors (Lipinski definition) is 8. The van der Waals surface area contributed by atoms with Gasteiger partial charge in [-0.25, -0.2) is 13.9 Å². The number of nitrogens with one attached hydrogen (secondary N) is 1. The van der Waals surface area contributed by atoms with Crippen LogP contribution in [0, 0.1) is 3.83 Å². The van der Waals surface area contributed by atoms with Crippen molar-refractivity contribution in [2.45, 2.75) is 37.9 Å². The molecule has 2 saturated heterocycles. The van der Waals surface area contributed by atoms with Crippen molar-refractivity contribution in [3.63, 3.8) is 0 Å². The molecule has 34 heavy (non-hydrogen) atoms. The molecule has 3 aromatic heterocycles. The third-order valence-electron chi connectivity index (χ3n) is 6.07. The second-order valence-electron chi connectivity index (χ2n) is 8.06. The average molecular weight is 599 g/mol. The van der Waals surface area contributed by atoms with Gasteiger partial charge in [0.05, 0.1) is 12.3 Å². The van der Waals surface area contributed by atoms with Crippen LogP contribution < -0.4 is 5.56 Å². The Bertz CT molecular complexity index is 1530. The lowest BCUT2D eigenvalue weighted by Crippen LogP contribution is -2.39. The average Bonchev–Trinajstić information content (AvgIpc) is 3.45. The maximum absolute atomic E-state index is 13.6. The first-order valence-electron chi connectivity index (χ1n) is 10.5. The van der Waals surface area contributed by atoms with Crippen LogP contribution in [0.25, 0.3) is 28.2 Å². The number of aliphatic hydroxyl groups excluding tert-OH is 1. The van der Waals surface area contributed by atoms with Crippen LogP contribution in [0.4, 0.5) is 0 Å². The molecule has 4 aromatic rings. The molecule has 0 spiro atoms. The van der Waals surface area contributed by atoms with E-state index in [2.05, 4.69) is 15.0 Å². The second kappa shape index (κ2) is 7.95. The molecule has 178 valence electrons. The number of nitrogens with zero attached hydrogens (tertiary/aromatic N) is 4. The van der Waals surface area contributed by atoms with Gasteiger partial charge in [0.25, 0.3) is 5.56 Å². The van der Waals surface area contributed by atoms with E-state index in [-0.39, 0.29) is 23.3 Å². The summed E-state index contributed by atoms with van der Waals surface area (Å²) in [5.74, 6) is 0.329. The van der Waals surface area contributed by atoms with Crippen molar-refractivity contribution in [2.24, 2.45) is 0 Å². The molecule has 2 aliphatic rings. The predicted molar refractivity (Wildman–Crippen MR) is 127 cm³/mol. The van der Waals surface area contributed by atoms with Crippen LogP contribution in [-0.4, -0.2) is 58.8 Å². The zero-order valence-electron chi connectivity index (χ0n) is 17.7. The maximum atomic E-state index is 13.6. The van der Waals surface area contributed by atoms with E-state index in [4.69, 9.17) is 13.8 Å². The molecular weight excluding hydrogens is 580 g/mol. The highest BCUT2D eigenvalue weighted by atomic mass is 127. The van der Waals surface area contributed by atoms with Crippen LogP contribution >= 0.6 is 30.4 Å². The Kier molecular flexibility index (Phi) is 5.22. The molecule has 5 heterocycles. The molecule has 0 bridgehead atoms. The third-order valence-corrected chi connectivity index (χ3v) is 7.81. The number of aromatic amines is 1. The molecular formula is C20H19IN5O7P. The SMILES string of the molecule is CCc1[nH]c2nc3c(nc(I)n3[C@@H]3O[C@@H]4COP(=O)(O)O[C@H]4[C@H]3O)c(=O)n2c1-c1ccccc1. The number of benzene rings is 1. The smallest absolute Gasteiger partial charge is 0.386 e. The van der Waals surface area contributed by atoms with Crippen LogP contribution in [0.2, 0.25) is 0 Å². The van der Waals surface area contributed by atoms with E-state index < -0.39 is 32.4 Å². The maximum Gasteiger partial charge on any atom is 0.472 e. The summed E-state index contributed by atoms with van der Waals surface area (Å²) in [7, 11) is -4.27. The molecule has 3 N–H and O–H groups in total. The van der Waals surface area contributed by atoms with Crippen molar-refractivity contribution in [1.82, 2.24) is 23.9 Å². The lowest BCUT2D eigenvalue weighted by Gasteiger charge is -2.27. The Hall–Kier alpha value is -2.13. The predicted octanol–water partition coefficient (Wildman–Crippen LogP) is 1.98. The summed E-state index contributed by atoms with van der Waals surface area (Å²) in [6, 6.07) is 9.55. The van der Waals surface area contributed by atoms with Crippen molar-refractivity contribution >= 4 is 47.4 Å². The van der Waals surface area contributed by atoms with Crippen LogP contribution in [0.15, 0.2) is 35.1 Å². The highest BCUT2D eigenvalue weighted by Gasteiger charge is 2.53. The minimum absolute atomic E-state index is 0.108. The Morgan fingerprint density at radius 1 is 1.29 bits per heavy atom. The molecule has 12 nitrogen and oxygen atoms in total. The van der Waals surface area contributed by atoms with Crippen molar-refractivity contribution in [3.05, 3.63) is 50.2 Å². The third kappa shape index (κ3) is 3.30. The quantitative estimate of drug-likeness (QED) is 0.182. The number of phosphoric ester groups is 1. The van der Waals surface area contributed by atoms with Gasteiger partial charge in [0, 0.05) is 33.8 Å². The molecule has 0 aliphatic carbocycles. The normalized spacial score (nSPS) is 29.2. The van der Waals surface area contributed by atoms with E-state index in [1.165, 1.54) is 8.97 Å². The summed E-state index contributed by atoms with van der Waals surface area (Å²) in [5, 5.41) is 10.9. The lowest BCUT2D eigenvalue weighted by molar-refractivity contribution is -0.0670. The Morgan fingerprint density at radius 3 is 2.79 bits per heavy atom. The summed E-state index contributed by atoms with van der Waals surface area (Å²) >= 11 is 1.94. The number of H-pyrrole nitrogens is 1. The number of fused-ring (bicyclic) bond motifs is 3. The number of halogens is 1. The van der Waals surface area contributed by atoms with Gasteiger partial charge in [0.15, 0.2) is 21.2 Å².